The van der Waals surface area contributed by atoms with Crippen LogP contribution in [0.5, 0.6) is 0 Å². The number of hydrogen-bond donors (Lipinski definition) is 6. The first-order chi connectivity index (χ1) is 46.1. The van der Waals surface area contributed by atoms with E-state index in [1.54, 1.807) is 0 Å². The van der Waals surface area contributed by atoms with Gasteiger partial charge in [0.2, 0.25) is 23.8 Å². The summed E-state index contributed by atoms with van der Waals surface area (Å²) in [5.74, 6) is 5.75. The number of aromatic nitrogens is 5. The second-order valence-electron chi connectivity index (χ2n) is 41.3. The molecule has 17 heteroatoms. The van der Waals surface area contributed by atoms with Crippen molar-refractivity contribution in [2.24, 2.45) is 0 Å². The molecule has 0 unspecified atom stereocenters. The number of nitrogens with zero attached hydrogens (tertiary/aromatic N) is 11. The molecule has 6 fully saturated rings. The van der Waals surface area contributed by atoms with Gasteiger partial charge in [-0.1, -0.05) is 66.2 Å². The van der Waals surface area contributed by atoms with Crippen molar-refractivity contribution in [1.82, 2.24) is 56.8 Å². The van der Waals surface area contributed by atoms with Gasteiger partial charge in [0.15, 0.2) is 0 Å². The average Bonchev–Trinajstić information content (AvgIpc) is 0.757. The Bertz CT molecular complexity index is 2500. The molecule has 0 aliphatic carbocycles. The third-order valence-corrected chi connectivity index (χ3v) is 23.1. The number of hydrogen-bond acceptors (Lipinski definition) is 17. The van der Waals surface area contributed by atoms with Gasteiger partial charge in [-0.2, -0.15) is 24.9 Å². The molecule has 0 aromatic carbocycles. The Morgan fingerprint density at radius 1 is 0.240 bits per heavy atom. The normalized spacial score (nSPS) is 24.7. The SMILES string of the molecule is CCCCN(c1cc(N(CCCCCCN(c2nc(N(CCCC)C3CC(C)(C)NC(C)(C)C3)nc(N(CCCC)C3CC(C)(C)NC(C)(C)C3)n2)C2CC(C)(C)NC(C)(C)C2)C2CC(C)(C)NC(C)(C)C2)nc(N(CCCC)C2CC(C)(C)NC(C)(C)C2)n1)C1CC(C)(C)NC(C)(C)C1. The number of anilines is 6. The van der Waals surface area contributed by atoms with Crippen LogP contribution in [0, 0.1) is 0 Å². The molecule has 6 saturated heterocycles. The highest BCUT2D eigenvalue weighted by Gasteiger charge is 2.48. The quantitative estimate of drug-likeness (QED) is 0.0396. The van der Waals surface area contributed by atoms with Gasteiger partial charge in [-0.25, -0.2) is 0 Å². The molecule has 6 aliphatic heterocycles. The summed E-state index contributed by atoms with van der Waals surface area (Å²) in [6, 6.07) is 4.18. The highest BCUT2D eigenvalue weighted by molar-refractivity contribution is 5.58. The van der Waals surface area contributed by atoms with Gasteiger partial charge in [0.25, 0.3) is 0 Å². The van der Waals surface area contributed by atoms with Crippen molar-refractivity contribution in [3.8, 4) is 0 Å². The van der Waals surface area contributed by atoms with E-state index in [0.29, 0.717) is 12.1 Å². The minimum Gasteiger partial charge on any atom is -0.353 e. The van der Waals surface area contributed by atoms with Gasteiger partial charge >= 0.3 is 0 Å². The molecule has 0 bridgehead atoms. The lowest BCUT2D eigenvalue weighted by molar-refractivity contribution is 0.155. The van der Waals surface area contributed by atoms with Crippen LogP contribution in [0.2, 0.25) is 0 Å². The van der Waals surface area contributed by atoms with E-state index in [1.165, 1.54) is 0 Å². The highest BCUT2D eigenvalue weighted by atomic mass is 15.4. The molecule has 8 heterocycles. The number of rotatable bonds is 31. The Morgan fingerprint density at radius 2 is 0.400 bits per heavy atom. The van der Waals surface area contributed by atoms with Crippen molar-refractivity contribution in [3.63, 3.8) is 0 Å². The van der Waals surface area contributed by atoms with Gasteiger partial charge in [-0.05, 0) is 282 Å². The van der Waals surface area contributed by atoms with Crippen molar-refractivity contribution in [2.45, 2.75) is 451 Å². The van der Waals surface area contributed by atoms with Crippen molar-refractivity contribution in [1.29, 1.82) is 0 Å². The van der Waals surface area contributed by atoms with E-state index in [0.717, 1.165) is 229 Å². The summed E-state index contributed by atoms with van der Waals surface area (Å²) in [6.07, 6.45) is 25.6. The third-order valence-electron chi connectivity index (χ3n) is 23.1. The van der Waals surface area contributed by atoms with Gasteiger partial charge in [-0.3, -0.25) is 0 Å². The standard InChI is InChI=1S/C83H157N17/c1-29-33-41-95(60-48-72(5,6)89-73(7,8)49-60)66-47-67(85-68(84-66)97(42-34-30-2)62-52-76(13,14)91-77(15,16)53-62)96(61-50-74(9,10)90-75(11,12)51-61)45-39-37-38-40-46-100(65-58-82(25,26)94-83(27,28)59-65)71-87-69(98(43-35-31-3)63-54-78(17,18)92-79(19,20)55-63)86-70(88-71)99(44-36-32-4)64-56-80(21,22)93-81(23,24)57-64/h47,60-65,89-94H,29-46,48-59H2,1-28H3. The fourth-order valence-corrected chi connectivity index (χ4v) is 21.5. The maximum Gasteiger partial charge on any atom is 0.232 e. The van der Waals surface area contributed by atoms with Crippen LogP contribution >= 0.6 is 0 Å². The molecule has 17 nitrogen and oxygen atoms in total. The fourth-order valence-electron chi connectivity index (χ4n) is 21.5. The zero-order valence-electron chi connectivity index (χ0n) is 70.2. The van der Waals surface area contributed by atoms with E-state index in [-0.39, 0.29) is 90.6 Å². The lowest BCUT2D eigenvalue weighted by atomic mass is 9.78. The molecule has 0 saturated carbocycles. The maximum atomic E-state index is 6.02. The Balaban J connectivity index is 1.21. The van der Waals surface area contributed by atoms with Crippen molar-refractivity contribution in [2.75, 3.05) is 68.7 Å². The predicted octanol–water partition coefficient (Wildman–Crippen LogP) is 16.8. The van der Waals surface area contributed by atoms with Crippen molar-refractivity contribution >= 4 is 35.4 Å². The van der Waals surface area contributed by atoms with Gasteiger partial charge in [0, 0.05) is 148 Å². The summed E-state index contributed by atoms with van der Waals surface area (Å²) >= 11 is 0. The Labute approximate surface area is 614 Å². The molecule has 574 valence electrons. The first kappa shape index (κ1) is 82.3. The Morgan fingerprint density at radius 3 is 0.600 bits per heavy atom. The summed E-state index contributed by atoms with van der Waals surface area (Å²) in [6.45, 7) is 72.8. The molecule has 2 aromatic rings. The zero-order valence-corrected chi connectivity index (χ0v) is 70.2. The molecule has 0 atom stereocenters. The van der Waals surface area contributed by atoms with Crippen molar-refractivity contribution in [3.05, 3.63) is 6.07 Å². The maximum absolute atomic E-state index is 6.02. The van der Waals surface area contributed by atoms with Gasteiger partial charge in [-0.15, -0.1) is 0 Å². The van der Waals surface area contributed by atoms with E-state index in [9.17, 15) is 0 Å². The first-order valence-corrected chi connectivity index (χ1v) is 41.1. The van der Waals surface area contributed by atoms with Crippen LogP contribution in [0.15, 0.2) is 6.07 Å². The monoisotopic (exact) mass is 1390 g/mol. The molecule has 6 N–H and O–H groups in total. The van der Waals surface area contributed by atoms with Gasteiger partial charge in [0.05, 0.1) is 0 Å². The highest BCUT2D eigenvalue weighted by Crippen LogP contribution is 2.43. The molecule has 0 spiro atoms. The van der Waals surface area contributed by atoms with Crippen LogP contribution in [0.3, 0.4) is 0 Å². The van der Waals surface area contributed by atoms with Crippen LogP contribution in [0.25, 0.3) is 0 Å². The van der Waals surface area contributed by atoms with Gasteiger partial charge < -0.3 is 61.3 Å². The van der Waals surface area contributed by atoms with E-state index < -0.39 is 0 Å². The Kier molecular flexibility index (Phi) is 26.0. The first-order valence-electron chi connectivity index (χ1n) is 41.1. The largest absolute Gasteiger partial charge is 0.353 e. The number of unbranched alkanes of at least 4 members (excludes halogenated alkanes) is 7. The molecular formula is C83H157N17. The van der Waals surface area contributed by atoms with E-state index in [4.69, 9.17) is 24.9 Å². The Hall–Kier alpha value is -3.35. The van der Waals surface area contributed by atoms with Crippen molar-refractivity contribution < 1.29 is 0 Å². The number of piperidine rings is 6. The van der Waals surface area contributed by atoms with Crippen LogP contribution < -0.4 is 61.3 Å². The second kappa shape index (κ2) is 31.6. The molecule has 0 amide bonds. The third kappa shape index (κ3) is 23.1. The van der Waals surface area contributed by atoms with E-state index >= 15 is 0 Å². The molecule has 2 aromatic heterocycles. The topological polar surface area (TPSA) is 156 Å². The van der Waals surface area contributed by atoms with Gasteiger partial charge in [0.1, 0.15) is 11.6 Å². The molecule has 6 aliphatic rings. The lowest BCUT2D eigenvalue weighted by Gasteiger charge is -2.51. The summed E-state index contributed by atoms with van der Waals surface area (Å²) in [4.78, 5) is 45.9. The zero-order chi connectivity index (χ0) is 74.1. The number of nitrogens with one attached hydrogen (secondary N) is 6. The van der Waals surface area contributed by atoms with Crippen LogP contribution in [-0.2, 0) is 0 Å². The summed E-state index contributed by atoms with van der Waals surface area (Å²) in [5, 5.41) is 24.3. The predicted molar refractivity (Wildman–Crippen MR) is 430 cm³/mol. The smallest absolute Gasteiger partial charge is 0.232 e. The summed E-state index contributed by atoms with van der Waals surface area (Å²) < 4.78 is 0. The fraction of sp³-hybridized carbons (Fsp3) is 0.916. The van der Waals surface area contributed by atoms with Crippen LogP contribution in [-0.4, -0.2) is 167 Å². The minimum absolute atomic E-state index is 0.0167. The average molecular weight is 1390 g/mol. The molecule has 8 rings (SSSR count). The van der Waals surface area contributed by atoms with Crippen LogP contribution in [0.1, 0.15) is 348 Å². The molecular weight excluding hydrogens is 1240 g/mol. The second-order valence-corrected chi connectivity index (χ2v) is 41.3. The molecule has 0 radical (unpaired) electrons. The van der Waals surface area contributed by atoms with E-state index in [2.05, 4.69) is 261 Å². The summed E-state index contributed by atoms with van der Waals surface area (Å²) in [5.41, 5.74) is -0.522. The molecule has 100 heavy (non-hydrogen) atoms. The minimum atomic E-state index is -0.0776. The lowest BCUT2D eigenvalue weighted by Crippen LogP contribution is -2.63. The van der Waals surface area contributed by atoms with Crippen LogP contribution in [0.4, 0.5) is 35.4 Å². The summed E-state index contributed by atoms with van der Waals surface area (Å²) in [7, 11) is 0. The van der Waals surface area contributed by atoms with E-state index in [1.807, 2.05) is 0 Å².